The number of hydrogen-bond donors (Lipinski definition) is 1. The van der Waals surface area contributed by atoms with Crippen LogP contribution in [-0.4, -0.2) is 62.7 Å². The van der Waals surface area contributed by atoms with Crippen LogP contribution in [0.1, 0.15) is 33.1 Å². The highest BCUT2D eigenvalue weighted by Crippen LogP contribution is 2.16. The second-order valence-electron chi connectivity index (χ2n) is 5.75. The Balaban J connectivity index is 2.38. The summed E-state index contributed by atoms with van der Waals surface area (Å²) >= 11 is 0. The molecule has 0 radical (unpaired) electrons. The van der Waals surface area contributed by atoms with Gasteiger partial charge in [-0.3, -0.25) is 0 Å². The summed E-state index contributed by atoms with van der Waals surface area (Å²) in [5.41, 5.74) is 0. The molecule has 1 N–H and O–H groups in total. The summed E-state index contributed by atoms with van der Waals surface area (Å²) < 4.78 is 0. The van der Waals surface area contributed by atoms with Gasteiger partial charge >= 0.3 is 0 Å². The van der Waals surface area contributed by atoms with E-state index >= 15 is 0 Å². The quantitative estimate of drug-likeness (QED) is 0.763. The second kappa shape index (κ2) is 7.34. The van der Waals surface area contributed by atoms with Crippen LogP contribution in [0, 0.1) is 5.92 Å². The van der Waals surface area contributed by atoms with Gasteiger partial charge in [0.1, 0.15) is 0 Å². The first-order valence-electron chi connectivity index (χ1n) is 7.14. The largest absolute Gasteiger partial charge is 0.315 e. The van der Waals surface area contributed by atoms with E-state index < -0.39 is 0 Å². The van der Waals surface area contributed by atoms with E-state index in [1.165, 1.54) is 38.9 Å². The van der Waals surface area contributed by atoms with Crippen LogP contribution in [0.25, 0.3) is 0 Å². The molecule has 1 fully saturated rings. The van der Waals surface area contributed by atoms with Crippen molar-refractivity contribution in [3.8, 4) is 0 Å². The van der Waals surface area contributed by atoms with Crippen molar-refractivity contribution < 1.29 is 0 Å². The summed E-state index contributed by atoms with van der Waals surface area (Å²) in [5, 5.41) is 3.48. The standard InChI is InChI=1S/C14H31N3/c1-6-12(2)14(15-3)11-17(5)13-7-9-16(4)10-8-13/h12-15H,6-11H2,1-5H3. The van der Waals surface area contributed by atoms with Gasteiger partial charge in [0.25, 0.3) is 0 Å². The molecule has 2 atom stereocenters. The molecule has 17 heavy (non-hydrogen) atoms. The third-order valence-electron chi connectivity index (χ3n) is 4.50. The summed E-state index contributed by atoms with van der Waals surface area (Å²) in [6, 6.07) is 1.41. The highest BCUT2D eigenvalue weighted by Gasteiger charge is 2.23. The smallest absolute Gasteiger partial charge is 0.0217 e. The molecule has 0 aliphatic carbocycles. The highest BCUT2D eigenvalue weighted by molar-refractivity contribution is 4.81. The zero-order valence-corrected chi connectivity index (χ0v) is 12.4. The molecule has 1 aliphatic heterocycles. The first kappa shape index (κ1) is 14.9. The molecule has 0 spiro atoms. The average molecular weight is 241 g/mol. The molecular weight excluding hydrogens is 210 g/mol. The monoisotopic (exact) mass is 241 g/mol. The molecule has 102 valence electrons. The second-order valence-corrected chi connectivity index (χ2v) is 5.75. The summed E-state index contributed by atoms with van der Waals surface area (Å²) in [4.78, 5) is 5.01. The van der Waals surface area contributed by atoms with Crippen LogP contribution in [0.3, 0.4) is 0 Å². The van der Waals surface area contributed by atoms with E-state index in [1.54, 1.807) is 0 Å². The molecule has 3 nitrogen and oxygen atoms in total. The van der Waals surface area contributed by atoms with Gasteiger partial charge < -0.3 is 15.1 Å². The molecule has 0 saturated carbocycles. The van der Waals surface area contributed by atoms with Crippen molar-refractivity contribution in [2.75, 3.05) is 40.8 Å². The van der Waals surface area contributed by atoms with Crippen LogP contribution in [0.4, 0.5) is 0 Å². The number of likely N-dealkylation sites (N-methyl/N-ethyl adjacent to an activating group) is 2. The number of likely N-dealkylation sites (tertiary alicyclic amines) is 1. The van der Waals surface area contributed by atoms with Gasteiger partial charge in [-0.25, -0.2) is 0 Å². The number of nitrogens with zero attached hydrogens (tertiary/aromatic N) is 2. The number of rotatable bonds is 6. The minimum atomic E-state index is 0.629. The lowest BCUT2D eigenvalue weighted by Gasteiger charge is -2.37. The van der Waals surface area contributed by atoms with Gasteiger partial charge in [-0.2, -0.15) is 0 Å². The first-order valence-corrected chi connectivity index (χ1v) is 7.14. The lowest BCUT2D eigenvalue weighted by Crippen LogP contribution is -2.48. The number of piperidine rings is 1. The predicted molar refractivity (Wildman–Crippen MR) is 75.5 cm³/mol. The maximum Gasteiger partial charge on any atom is 0.0217 e. The Hall–Kier alpha value is -0.120. The van der Waals surface area contributed by atoms with Crippen LogP contribution in [0.5, 0.6) is 0 Å². The van der Waals surface area contributed by atoms with E-state index in [1.807, 2.05) is 0 Å². The van der Waals surface area contributed by atoms with Gasteiger partial charge in [0.15, 0.2) is 0 Å². The van der Waals surface area contributed by atoms with E-state index in [0.29, 0.717) is 6.04 Å². The molecule has 0 aromatic carbocycles. The number of nitrogens with one attached hydrogen (secondary N) is 1. The molecule has 0 amide bonds. The third kappa shape index (κ3) is 4.57. The van der Waals surface area contributed by atoms with Gasteiger partial charge in [-0.05, 0) is 53.0 Å². The van der Waals surface area contributed by atoms with Crippen molar-refractivity contribution in [1.82, 2.24) is 15.1 Å². The van der Waals surface area contributed by atoms with Gasteiger partial charge in [0.05, 0.1) is 0 Å². The molecule has 0 bridgehead atoms. The van der Waals surface area contributed by atoms with E-state index in [9.17, 15) is 0 Å². The Bertz CT molecular complexity index is 200. The predicted octanol–water partition coefficient (Wildman–Crippen LogP) is 1.65. The molecule has 3 heteroatoms. The van der Waals surface area contributed by atoms with Gasteiger partial charge in [-0.1, -0.05) is 20.3 Å². The third-order valence-corrected chi connectivity index (χ3v) is 4.50. The van der Waals surface area contributed by atoms with Crippen LogP contribution < -0.4 is 5.32 Å². The fraction of sp³-hybridized carbons (Fsp3) is 1.00. The normalized spacial score (nSPS) is 22.9. The maximum absolute atomic E-state index is 3.48. The van der Waals surface area contributed by atoms with E-state index in [4.69, 9.17) is 0 Å². The van der Waals surface area contributed by atoms with Crippen molar-refractivity contribution in [3.05, 3.63) is 0 Å². The molecule has 1 rings (SSSR count). The average Bonchev–Trinajstić information content (AvgIpc) is 2.35. The van der Waals surface area contributed by atoms with Crippen molar-refractivity contribution in [2.45, 2.75) is 45.2 Å². The molecule has 1 aliphatic rings. The summed E-state index contributed by atoms with van der Waals surface area (Å²) in [6.07, 6.45) is 3.90. The Labute approximate surface area is 108 Å². The molecular formula is C14H31N3. The van der Waals surface area contributed by atoms with Crippen LogP contribution in [0.2, 0.25) is 0 Å². The Kier molecular flexibility index (Phi) is 6.45. The molecule has 0 aromatic rings. The lowest BCUT2D eigenvalue weighted by molar-refractivity contribution is 0.127. The zero-order valence-electron chi connectivity index (χ0n) is 12.4. The first-order chi connectivity index (χ1) is 8.08. The number of hydrogen-bond acceptors (Lipinski definition) is 3. The minimum Gasteiger partial charge on any atom is -0.315 e. The zero-order chi connectivity index (χ0) is 12.8. The lowest BCUT2D eigenvalue weighted by atomic mass is 9.97. The highest BCUT2D eigenvalue weighted by atomic mass is 15.2. The van der Waals surface area contributed by atoms with Gasteiger partial charge in [0, 0.05) is 18.6 Å². The van der Waals surface area contributed by atoms with E-state index in [-0.39, 0.29) is 0 Å². The maximum atomic E-state index is 3.48. The SMILES string of the molecule is CCC(C)C(CN(C)C1CCN(C)CC1)NC. The van der Waals surface area contributed by atoms with Gasteiger partial charge in [-0.15, -0.1) is 0 Å². The Morgan fingerprint density at radius 3 is 2.41 bits per heavy atom. The summed E-state index contributed by atoms with van der Waals surface area (Å²) in [5.74, 6) is 0.758. The Morgan fingerprint density at radius 2 is 1.94 bits per heavy atom. The summed E-state index contributed by atoms with van der Waals surface area (Å²) in [6.45, 7) is 8.32. The molecule has 2 unspecified atom stereocenters. The van der Waals surface area contributed by atoms with Crippen LogP contribution in [-0.2, 0) is 0 Å². The van der Waals surface area contributed by atoms with Crippen molar-refractivity contribution in [2.24, 2.45) is 5.92 Å². The van der Waals surface area contributed by atoms with Crippen LogP contribution in [0.15, 0.2) is 0 Å². The van der Waals surface area contributed by atoms with Crippen molar-refractivity contribution in [3.63, 3.8) is 0 Å². The minimum absolute atomic E-state index is 0.629. The topological polar surface area (TPSA) is 18.5 Å². The summed E-state index contributed by atoms with van der Waals surface area (Å²) in [7, 11) is 6.62. The van der Waals surface area contributed by atoms with Crippen molar-refractivity contribution in [1.29, 1.82) is 0 Å². The fourth-order valence-electron chi connectivity index (χ4n) is 2.74. The molecule has 1 saturated heterocycles. The fourth-order valence-corrected chi connectivity index (χ4v) is 2.74. The van der Waals surface area contributed by atoms with Gasteiger partial charge in [0.2, 0.25) is 0 Å². The molecule has 0 aromatic heterocycles. The van der Waals surface area contributed by atoms with E-state index in [0.717, 1.165) is 12.0 Å². The van der Waals surface area contributed by atoms with E-state index in [2.05, 4.69) is 50.1 Å². The Morgan fingerprint density at radius 1 is 1.35 bits per heavy atom. The van der Waals surface area contributed by atoms with Crippen LogP contribution >= 0.6 is 0 Å². The molecule has 1 heterocycles. The van der Waals surface area contributed by atoms with Crippen molar-refractivity contribution >= 4 is 0 Å².